The van der Waals surface area contributed by atoms with Crippen LogP contribution >= 0.6 is 23.2 Å². The third-order valence-electron chi connectivity index (χ3n) is 4.38. The number of carbonyl (C=O) groups is 2. The van der Waals surface area contributed by atoms with E-state index < -0.39 is 23.9 Å². The van der Waals surface area contributed by atoms with Crippen LogP contribution in [-0.4, -0.2) is 34.7 Å². The summed E-state index contributed by atoms with van der Waals surface area (Å²) in [6.45, 7) is 3.83. The summed E-state index contributed by atoms with van der Waals surface area (Å²) in [4.78, 5) is 23.5. The Labute approximate surface area is 174 Å². The molecule has 0 heterocycles. The number of rotatable bonds is 9. The van der Waals surface area contributed by atoms with E-state index in [9.17, 15) is 19.8 Å². The molecular weight excluding hydrogens is 401 g/mol. The summed E-state index contributed by atoms with van der Waals surface area (Å²) >= 11 is 12.2. The van der Waals surface area contributed by atoms with Gasteiger partial charge in [0, 0.05) is 16.6 Å². The van der Waals surface area contributed by atoms with Crippen LogP contribution in [0.1, 0.15) is 31.7 Å². The molecule has 0 bridgehead atoms. The summed E-state index contributed by atoms with van der Waals surface area (Å²) < 4.78 is 0. The van der Waals surface area contributed by atoms with Gasteiger partial charge in [-0.3, -0.25) is 9.59 Å². The van der Waals surface area contributed by atoms with Crippen LogP contribution in [-0.2, 0) is 9.59 Å². The minimum atomic E-state index is -1.04. The molecule has 0 aliphatic heterocycles. The van der Waals surface area contributed by atoms with Gasteiger partial charge in [-0.05, 0) is 47.2 Å². The molecule has 2 aromatic rings. The van der Waals surface area contributed by atoms with Gasteiger partial charge >= 0.3 is 11.9 Å². The molecule has 0 amide bonds. The molecule has 150 valence electrons. The van der Waals surface area contributed by atoms with Crippen molar-refractivity contribution in [3.63, 3.8) is 0 Å². The first-order chi connectivity index (χ1) is 13.2. The molecule has 0 saturated carbocycles. The van der Waals surface area contributed by atoms with Gasteiger partial charge in [-0.25, -0.2) is 0 Å². The van der Waals surface area contributed by atoms with Gasteiger partial charge in [-0.15, -0.1) is 0 Å². The summed E-state index contributed by atoms with van der Waals surface area (Å²) in [6, 6.07) is 11.3. The predicted octanol–water partition coefficient (Wildman–Crippen LogP) is 4.92. The third kappa shape index (κ3) is 5.96. The van der Waals surface area contributed by atoms with Gasteiger partial charge in [0.1, 0.15) is 6.04 Å². The zero-order valence-electron chi connectivity index (χ0n) is 15.7. The maximum atomic E-state index is 12.0. The first kappa shape index (κ1) is 22.2. The van der Waals surface area contributed by atoms with Gasteiger partial charge in [-0.2, -0.15) is 0 Å². The third-order valence-corrected chi connectivity index (χ3v) is 4.82. The second kappa shape index (κ2) is 9.92. The number of halogens is 2. The average molecular weight is 424 g/mol. The van der Waals surface area contributed by atoms with Crippen LogP contribution in [0.3, 0.4) is 0 Å². The molecule has 2 atom stereocenters. The quantitative estimate of drug-likeness (QED) is 0.532. The van der Waals surface area contributed by atoms with E-state index in [2.05, 4.69) is 5.32 Å². The molecular formula is C21H23Cl2NO4. The second-order valence-corrected chi connectivity index (χ2v) is 7.94. The van der Waals surface area contributed by atoms with Crippen molar-refractivity contribution in [1.82, 2.24) is 5.32 Å². The summed E-state index contributed by atoms with van der Waals surface area (Å²) in [5.74, 6) is -2.80. The highest BCUT2D eigenvalue weighted by Gasteiger charge is 2.26. The molecule has 2 aromatic carbocycles. The number of aliphatic carboxylic acids is 2. The first-order valence-corrected chi connectivity index (χ1v) is 9.69. The molecule has 2 unspecified atom stereocenters. The Morgan fingerprint density at radius 3 is 2.14 bits per heavy atom. The minimum absolute atomic E-state index is 0.00959. The zero-order valence-corrected chi connectivity index (χ0v) is 17.2. The highest BCUT2D eigenvalue weighted by molar-refractivity contribution is 6.35. The van der Waals surface area contributed by atoms with Gasteiger partial charge in [0.25, 0.3) is 0 Å². The minimum Gasteiger partial charge on any atom is -0.481 e. The number of nitrogens with one attached hydrogen (secondary N) is 1. The van der Waals surface area contributed by atoms with Crippen LogP contribution in [0.25, 0.3) is 11.1 Å². The molecule has 0 fully saturated rings. The maximum absolute atomic E-state index is 12.0. The number of carboxylic acids is 2. The Hall–Kier alpha value is -2.08. The number of hydrogen-bond donors (Lipinski definition) is 3. The summed E-state index contributed by atoms with van der Waals surface area (Å²) in [6.07, 6.45) is 0.410. The fourth-order valence-electron chi connectivity index (χ4n) is 3.11. The lowest BCUT2D eigenvalue weighted by Crippen LogP contribution is -2.41. The largest absolute Gasteiger partial charge is 0.481 e. The van der Waals surface area contributed by atoms with Crippen molar-refractivity contribution < 1.29 is 19.8 Å². The fraction of sp³-hybridized carbons (Fsp3) is 0.333. The Morgan fingerprint density at radius 2 is 1.61 bits per heavy atom. The molecule has 7 heteroatoms. The Morgan fingerprint density at radius 1 is 1.00 bits per heavy atom. The van der Waals surface area contributed by atoms with Crippen molar-refractivity contribution in [3.05, 3.63) is 58.1 Å². The van der Waals surface area contributed by atoms with E-state index in [0.717, 1.165) is 0 Å². The smallest absolute Gasteiger partial charge is 0.320 e. The fourth-order valence-corrected chi connectivity index (χ4v) is 3.63. The Balaban J connectivity index is 2.36. The van der Waals surface area contributed by atoms with Gasteiger partial charge < -0.3 is 15.5 Å². The van der Waals surface area contributed by atoms with Gasteiger partial charge in [0.2, 0.25) is 0 Å². The van der Waals surface area contributed by atoms with E-state index >= 15 is 0 Å². The lowest BCUT2D eigenvalue weighted by Gasteiger charge is -2.21. The first-order valence-electron chi connectivity index (χ1n) is 8.93. The molecule has 0 spiro atoms. The predicted molar refractivity (Wildman–Crippen MR) is 111 cm³/mol. The topological polar surface area (TPSA) is 86.6 Å². The van der Waals surface area contributed by atoms with Crippen molar-refractivity contribution in [1.29, 1.82) is 0 Å². The molecule has 0 aliphatic carbocycles. The van der Waals surface area contributed by atoms with Crippen molar-refractivity contribution in [3.8, 4) is 11.1 Å². The maximum Gasteiger partial charge on any atom is 0.320 e. The van der Waals surface area contributed by atoms with E-state index in [1.807, 2.05) is 13.8 Å². The van der Waals surface area contributed by atoms with Crippen molar-refractivity contribution in [2.75, 3.05) is 6.54 Å². The van der Waals surface area contributed by atoms with E-state index in [1.54, 1.807) is 42.5 Å². The number of hydrogen-bond acceptors (Lipinski definition) is 3. The molecule has 0 radical (unpaired) electrons. The van der Waals surface area contributed by atoms with Crippen LogP contribution in [0.5, 0.6) is 0 Å². The van der Waals surface area contributed by atoms with E-state index in [-0.39, 0.29) is 12.5 Å². The summed E-state index contributed by atoms with van der Waals surface area (Å²) in [5, 5.41) is 23.0. The lowest BCUT2D eigenvalue weighted by atomic mass is 9.90. The summed E-state index contributed by atoms with van der Waals surface area (Å²) in [7, 11) is 0. The summed E-state index contributed by atoms with van der Waals surface area (Å²) in [5.41, 5.74) is 1.96. The molecule has 2 rings (SSSR count). The van der Waals surface area contributed by atoms with Crippen LogP contribution < -0.4 is 5.32 Å². The molecule has 5 nitrogen and oxygen atoms in total. The highest BCUT2D eigenvalue weighted by atomic mass is 35.5. The van der Waals surface area contributed by atoms with Crippen LogP contribution in [0.15, 0.2) is 42.5 Å². The average Bonchev–Trinajstić information content (AvgIpc) is 2.59. The van der Waals surface area contributed by atoms with Gasteiger partial charge in [-0.1, -0.05) is 61.3 Å². The number of carboxylic acid groups (broad SMARTS) is 2. The molecule has 0 saturated heterocycles. The molecule has 28 heavy (non-hydrogen) atoms. The van der Waals surface area contributed by atoms with Crippen molar-refractivity contribution in [2.45, 2.75) is 32.2 Å². The van der Waals surface area contributed by atoms with Crippen LogP contribution in [0, 0.1) is 5.92 Å². The second-order valence-electron chi connectivity index (χ2n) is 7.06. The standard InChI is InChI=1S/C21H23Cl2NO4/c1-12(2)7-19(21(27)28)24-11-18(20(25)26)17-6-4-3-5-16(17)13-8-14(22)10-15(23)9-13/h3-6,8-10,12,18-19,24H,7,11H2,1-2H3,(H,25,26)(H,27,28). The van der Waals surface area contributed by atoms with Crippen LogP contribution in [0.2, 0.25) is 10.0 Å². The lowest BCUT2D eigenvalue weighted by molar-refractivity contribution is -0.142. The highest BCUT2D eigenvalue weighted by Crippen LogP contribution is 2.33. The van der Waals surface area contributed by atoms with Crippen molar-refractivity contribution in [2.24, 2.45) is 5.92 Å². The van der Waals surface area contributed by atoms with Crippen molar-refractivity contribution >= 4 is 35.1 Å². The Kier molecular flexibility index (Phi) is 7.87. The molecule has 0 aromatic heterocycles. The number of benzene rings is 2. The van der Waals surface area contributed by atoms with E-state index in [1.165, 1.54) is 0 Å². The van der Waals surface area contributed by atoms with E-state index in [4.69, 9.17) is 23.2 Å². The van der Waals surface area contributed by atoms with Gasteiger partial charge in [0.05, 0.1) is 5.92 Å². The van der Waals surface area contributed by atoms with Crippen LogP contribution in [0.4, 0.5) is 0 Å². The molecule has 0 aliphatic rings. The van der Waals surface area contributed by atoms with Gasteiger partial charge in [0.15, 0.2) is 0 Å². The van der Waals surface area contributed by atoms with E-state index in [0.29, 0.717) is 33.2 Å². The SMILES string of the molecule is CC(C)CC(NCC(C(=O)O)c1ccccc1-c1cc(Cl)cc(Cl)c1)C(=O)O. The Bertz CT molecular complexity index is 834. The monoisotopic (exact) mass is 423 g/mol. The normalized spacial score (nSPS) is 13.3. The zero-order chi connectivity index (χ0) is 20.8. The molecule has 3 N–H and O–H groups in total.